The molecule has 0 aromatic heterocycles. The van der Waals surface area contributed by atoms with Crippen molar-refractivity contribution in [1.82, 2.24) is 0 Å². The van der Waals surface area contributed by atoms with Crippen molar-refractivity contribution in [3.63, 3.8) is 0 Å². The summed E-state index contributed by atoms with van der Waals surface area (Å²) in [5.41, 5.74) is 0. The number of hydrogen-bond donors (Lipinski definition) is 0. The first-order valence-corrected chi connectivity index (χ1v) is 4.42. The normalized spacial score (nSPS) is 9.77. The van der Waals surface area contributed by atoms with Crippen LogP contribution in [0.25, 0.3) is 0 Å². The number of ketones is 1. The first kappa shape index (κ1) is 10.4. The Hall–Kier alpha value is -0.730. The van der Waals surface area contributed by atoms with Gasteiger partial charge in [-0.05, 0) is 19.1 Å². The Labute approximate surface area is 86.4 Å². The zero-order chi connectivity index (χ0) is 9.84. The molecule has 13 heavy (non-hydrogen) atoms. The van der Waals surface area contributed by atoms with E-state index in [0.717, 1.165) is 0 Å². The van der Waals surface area contributed by atoms with Crippen LogP contribution < -0.4 is 4.74 Å². The number of ether oxygens (including phenoxy) is 1. The molecule has 0 amide bonds. The molecule has 0 bridgehead atoms. The van der Waals surface area contributed by atoms with E-state index >= 15 is 0 Å². The number of hydrogen-bond acceptors (Lipinski definition) is 2. The molecule has 0 N–H and O–H groups in total. The monoisotopic (exact) mass is 218 g/mol. The topological polar surface area (TPSA) is 26.3 Å². The SMILES string of the molecule is CC(=O)COc1cc(Cl)ccc1Cl. The molecule has 0 heterocycles. The van der Waals surface area contributed by atoms with E-state index < -0.39 is 0 Å². The van der Waals surface area contributed by atoms with Crippen molar-refractivity contribution in [2.24, 2.45) is 0 Å². The lowest BCUT2D eigenvalue weighted by atomic mass is 10.3. The van der Waals surface area contributed by atoms with Gasteiger partial charge in [0.2, 0.25) is 0 Å². The average Bonchev–Trinajstić information content (AvgIpc) is 2.06. The van der Waals surface area contributed by atoms with E-state index in [2.05, 4.69) is 0 Å². The molecule has 1 aromatic rings. The molecule has 0 atom stereocenters. The van der Waals surface area contributed by atoms with Crippen LogP contribution in [0.4, 0.5) is 0 Å². The summed E-state index contributed by atoms with van der Waals surface area (Å²) >= 11 is 11.5. The van der Waals surface area contributed by atoms with Crippen molar-refractivity contribution in [1.29, 1.82) is 0 Å². The Morgan fingerprint density at radius 1 is 1.46 bits per heavy atom. The molecule has 0 saturated heterocycles. The molecule has 0 spiro atoms. The summed E-state index contributed by atoms with van der Waals surface area (Å²) < 4.78 is 5.11. The van der Waals surface area contributed by atoms with Crippen LogP contribution in [0.1, 0.15) is 6.92 Å². The molecule has 0 aliphatic rings. The van der Waals surface area contributed by atoms with E-state index in [0.29, 0.717) is 15.8 Å². The maximum Gasteiger partial charge on any atom is 0.167 e. The summed E-state index contributed by atoms with van der Waals surface area (Å²) in [5.74, 6) is 0.375. The zero-order valence-corrected chi connectivity index (χ0v) is 8.52. The summed E-state index contributed by atoms with van der Waals surface area (Å²) in [5, 5.41) is 0.980. The summed E-state index contributed by atoms with van der Waals surface area (Å²) in [6, 6.07) is 4.86. The molecule has 0 aliphatic heterocycles. The summed E-state index contributed by atoms with van der Waals surface area (Å²) in [4.78, 5) is 10.6. The number of benzene rings is 1. The Bertz CT molecular complexity index is 323. The van der Waals surface area contributed by atoms with Gasteiger partial charge in [0.25, 0.3) is 0 Å². The first-order valence-electron chi connectivity index (χ1n) is 3.67. The Balaban J connectivity index is 2.75. The number of halogens is 2. The molecule has 0 saturated carbocycles. The van der Waals surface area contributed by atoms with Crippen molar-refractivity contribution in [3.8, 4) is 5.75 Å². The van der Waals surface area contributed by atoms with Crippen LogP contribution in [0.15, 0.2) is 18.2 Å². The van der Waals surface area contributed by atoms with Gasteiger partial charge in [-0.1, -0.05) is 23.2 Å². The minimum absolute atomic E-state index is 0.0140. The number of carbonyl (C=O) groups excluding carboxylic acids is 1. The average molecular weight is 219 g/mol. The predicted octanol–water partition coefficient (Wildman–Crippen LogP) is 2.96. The minimum atomic E-state index is -0.0592. The summed E-state index contributed by atoms with van der Waals surface area (Å²) in [6.45, 7) is 1.46. The summed E-state index contributed by atoms with van der Waals surface area (Å²) in [6.07, 6.45) is 0. The lowest BCUT2D eigenvalue weighted by molar-refractivity contribution is -0.118. The van der Waals surface area contributed by atoms with E-state index in [1.807, 2.05) is 0 Å². The third-order valence-corrected chi connectivity index (χ3v) is 1.87. The fourth-order valence-electron chi connectivity index (χ4n) is 0.767. The van der Waals surface area contributed by atoms with Gasteiger partial charge in [-0.2, -0.15) is 0 Å². The molecule has 0 unspecified atom stereocenters. The van der Waals surface area contributed by atoms with Gasteiger partial charge in [-0.3, -0.25) is 4.79 Å². The first-order chi connectivity index (χ1) is 6.09. The van der Waals surface area contributed by atoms with Crippen molar-refractivity contribution >= 4 is 29.0 Å². The van der Waals surface area contributed by atoms with Crippen LogP contribution in [0.2, 0.25) is 10.0 Å². The quantitative estimate of drug-likeness (QED) is 0.781. The maximum absolute atomic E-state index is 10.6. The van der Waals surface area contributed by atoms with Crippen LogP contribution in [0.5, 0.6) is 5.75 Å². The molecule has 2 nitrogen and oxygen atoms in total. The standard InChI is InChI=1S/C9H8Cl2O2/c1-6(12)5-13-9-4-7(10)2-3-8(9)11/h2-4H,5H2,1H3. The highest BCUT2D eigenvalue weighted by atomic mass is 35.5. The van der Waals surface area contributed by atoms with E-state index in [1.54, 1.807) is 18.2 Å². The second-order valence-corrected chi connectivity index (χ2v) is 3.41. The molecule has 1 rings (SSSR count). The van der Waals surface area contributed by atoms with Gasteiger partial charge in [0.1, 0.15) is 12.4 Å². The lowest BCUT2D eigenvalue weighted by Gasteiger charge is -2.05. The van der Waals surface area contributed by atoms with Crippen LogP contribution in [-0.2, 0) is 4.79 Å². The van der Waals surface area contributed by atoms with Gasteiger partial charge >= 0.3 is 0 Å². The molecule has 4 heteroatoms. The van der Waals surface area contributed by atoms with Gasteiger partial charge in [0, 0.05) is 11.1 Å². The van der Waals surface area contributed by atoms with Crippen molar-refractivity contribution < 1.29 is 9.53 Å². The molecular weight excluding hydrogens is 211 g/mol. The number of rotatable bonds is 3. The van der Waals surface area contributed by atoms with E-state index in [9.17, 15) is 4.79 Å². The Morgan fingerprint density at radius 2 is 2.15 bits per heavy atom. The third kappa shape index (κ3) is 3.25. The van der Waals surface area contributed by atoms with Gasteiger partial charge in [0.05, 0.1) is 5.02 Å². The molecule has 0 aliphatic carbocycles. The van der Waals surface area contributed by atoms with E-state index in [4.69, 9.17) is 27.9 Å². The third-order valence-electron chi connectivity index (χ3n) is 1.32. The highest BCUT2D eigenvalue weighted by Gasteiger charge is 2.03. The van der Waals surface area contributed by atoms with Crippen molar-refractivity contribution in [3.05, 3.63) is 28.2 Å². The number of carbonyl (C=O) groups is 1. The van der Waals surface area contributed by atoms with Crippen molar-refractivity contribution in [2.75, 3.05) is 6.61 Å². The van der Waals surface area contributed by atoms with Crippen LogP contribution in [0, 0.1) is 0 Å². The second kappa shape index (κ2) is 4.49. The van der Waals surface area contributed by atoms with Crippen molar-refractivity contribution in [2.45, 2.75) is 6.92 Å². The largest absolute Gasteiger partial charge is 0.484 e. The minimum Gasteiger partial charge on any atom is -0.484 e. The Morgan fingerprint density at radius 3 is 2.77 bits per heavy atom. The predicted molar refractivity (Wildman–Crippen MR) is 52.6 cm³/mol. The smallest absolute Gasteiger partial charge is 0.167 e. The van der Waals surface area contributed by atoms with Crippen LogP contribution >= 0.6 is 23.2 Å². The highest BCUT2D eigenvalue weighted by Crippen LogP contribution is 2.27. The molecule has 1 aromatic carbocycles. The van der Waals surface area contributed by atoms with Gasteiger partial charge in [-0.25, -0.2) is 0 Å². The lowest BCUT2D eigenvalue weighted by Crippen LogP contribution is -2.06. The van der Waals surface area contributed by atoms with Crippen LogP contribution in [-0.4, -0.2) is 12.4 Å². The van der Waals surface area contributed by atoms with Gasteiger partial charge in [-0.15, -0.1) is 0 Å². The van der Waals surface area contributed by atoms with Crippen LogP contribution in [0.3, 0.4) is 0 Å². The van der Waals surface area contributed by atoms with Gasteiger partial charge in [0.15, 0.2) is 5.78 Å². The maximum atomic E-state index is 10.6. The second-order valence-electron chi connectivity index (χ2n) is 2.57. The number of Topliss-reactive ketones (excluding diaryl/α,β-unsaturated/α-hetero) is 1. The molecular formula is C9H8Cl2O2. The molecule has 70 valence electrons. The highest BCUT2D eigenvalue weighted by molar-refractivity contribution is 6.34. The fraction of sp³-hybridized carbons (Fsp3) is 0.222. The summed E-state index contributed by atoms with van der Waals surface area (Å²) in [7, 11) is 0. The zero-order valence-electron chi connectivity index (χ0n) is 7.01. The van der Waals surface area contributed by atoms with E-state index in [-0.39, 0.29) is 12.4 Å². The Kier molecular flexibility index (Phi) is 3.58. The molecule has 0 fully saturated rings. The van der Waals surface area contributed by atoms with Gasteiger partial charge < -0.3 is 4.74 Å². The molecule has 0 radical (unpaired) electrons. The van der Waals surface area contributed by atoms with E-state index in [1.165, 1.54) is 6.92 Å². The fourth-order valence-corrected chi connectivity index (χ4v) is 1.10.